The van der Waals surface area contributed by atoms with Gasteiger partial charge in [-0.3, -0.25) is 4.79 Å². The molecule has 1 atom stereocenters. The van der Waals surface area contributed by atoms with E-state index in [9.17, 15) is 18.0 Å². The summed E-state index contributed by atoms with van der Waals surface area (Å²) in [4.78, 5) is 13.4. The molecule has 0 heterocycles. The molecule has 1 amide bonds. The summed E-state index contributed by atoms with van der Waals surface area (Å²) in [5.74, 6) is -0.428. The van der Waals surface area contributed by atoms with Crippen molar-refractivity contribution < 1.29 is 22.9 Å². The fourth-order valence-corrected chi connectivity index (χ4v) is 2.56. The highest BCUT2D eigenvalue weighted by molar-refractivity contribution is 6.33. The summed E-state index contributed by atoms with van der Waals surface area (Å²) in [5, 5.41) is 2.56. The van der Waals surface area contributed by atoms with E-state index in [1.54, 1.807) is 38.4 Å². The van der Waals surface area contributed by atoms with Crippen LogP contribution in [-0.2, 0) is 11.0 Å². The largest absolute Gasteiger partial charge is 0.416 e. The van der Waals surface area contributed by atoms with Crippen LogP contribution < -0.4 is 10.2 Å². The predicted molar refractivity (Wildman–Crippen MR) is 87.1 cm³/mol. The van der Waals surface area contributed by atoms with Crippen LogP contribution in [0.2, 0.25) is 5.02 Å². The van der Waals surface area contributed by atoms with Crippen molar-refractivity contribution in [2.45, 2.75) is 12.2 Å². The zero-order chi connectivity index (χ0) is 17.9. The Morgan fingerprint density at radius 2 is 1.75 bits per heavy atom. The molecule has 2 aromatic rings. The molecular weight excluding hydrogens is 341 g/mol. The van der Waals surface area contributed by atoms with Gasteiger partial charge < -0.3 is 10.2 Å². The van der Waals surface area contributed by atoms with E-state index >= 15 is 0 Å². The number of hydrogen-bond donors (Lipinski definition) is 2. The molecule has 0 saturated carbocycles. The van der Waals surface area contributed by atoms with Crippen molar-refractivity contribution in [3.8, 4) is 0 Å². The summed E-state index contributed by atoms with van der Waals surface area (Å²) in [6, 6.07) is 11.3. The number of carbonyl (C=O) groups excluding carboxylic acids is 1. The predicted octanol–water partition coefficient (Wildman–Crippen LogP) is 3.18. The molecular formula is C17H17ClF3N2O+. The van der Waals surface area contributed by atoms with E-state index in [0.29, 0.717) is 0 Å². The van der Waals surface area contributed by atoms with Gasteiger partial charge in [-0.15, -0.1) is 0 Å². The number of hydrogen-bond acceptors (Lipinski definition) is 1. The van der Waals surface area contributed by atoms with E-state index in [2.05, 4.69) is 5.32 Å². The number of carbonyl (C=O) groups is 1. The zero-order valence-electron chi connectivity index (χ0n) is 13.1. The van der Waals surface area contributed by atoms with Gasteiger partial charge in [-0.1, -0.05) is 41.9 Å². The van der Waals surface area contributed by atoms with Gasteiger partial charge in [0.05, 0.1) is 30.4 Å². The quantitative estimate of drug-likeness (QED) is 0.865. The van der Waals surface area contributed by atoms with Crippen LogP contribution >= 0.6 is 11.6 Å². The smallest absolute Gasteiger partial charge is 0.326 e. The summed E-state index contributed by atoms with van der Waals surface area (Å²) in [5.41, 5.74) is -0.160. The Balaban J connectivity index is 2.31. The number of alkyl halides is 3. The van der Waals surface area contributed by atoms with Crippen LogP contribution in [0.4, 0.5) is 18.9 Å². The SMILES string of the molecule is C[NH+](C)[C@H](C(=O)Nc1cc(C(F)(F)F)ccc1Cl)c1ccccc1. The van der Waals surface area contributed by atoms with Crippen LogP contribution in [0.15, 0.2) is 48.5 Å². The first-order valence-corrected chi connectivity index (χ1v) is 7.60. The molecule has 0 aliphatic heterocycles. The average Bonchev–Trinajstić information content (AvgIpc) is 2.49. The Morgan fingerprint density at radius 1 is 1.12 bits per heavy atom. The van der Waals surface area contributed by atoms with E-state index in [1.807, 2.05) is 6.07 Å². The molecule has 0 aliphatic rings. The molecule has 0 aromatic heterocycles. The third-order valence-corrected chi connectivity index (χ3v) is 3.85. The first kappa shape index (κ1) is 18.3. The summed E-state index contributed by atoms with van der Waals surface area (Å²) in [7, 11) is 3.59. The molecule has 2 N–H and O–H groups in total. The topological polar surface area (TPSA) is 33.5 Å². The van der Waals surface area contributed by atoms with E-state index < -0.39 is 23.7 Å². The lowest BCUT2D eigenvalue weighted by Gasteiger charge is -2.21. The van der Waals surface area contributed by atoms with Gasteiger partial charge in [-0.2, -0.15) is 13.2 Å². The maximum absolute atomic E-state index is 12.8. The van der Waals surface area contributed by atoms with E-state index in [4.69, 9.17) is 11.6 Å². The molecule has 128 valence electrons. The van der Waals surface area contributed by atoms with Gasteiger partial charge in [-0.05, 0) is 18.2 Å². The first-order chi connectivity index (χ1) is 11.2. The summed E-state index contributed by atoms with van der Waals surface area (Å²) in [6.07, 6.45) is -4.50. The van der Waals surface area contributed by atoms with Gasteiger partial charge in [0.15, 0.2) is 6.04 Å². The number of likely N-dealkylation sites (N-methyl/N-ethyl adjacent to an activating group) is 1. The standard InChI is InChI=1S/C17H16ClF3N2O/c1-23(2)15(11-6-4-3-5-7-11)16(24)22-14-10-12(17(19,20)21)8-9-13(14)18/h3-10,15H,1-2H3,(H,22,24)/p+1/t15-/m0/s1. The Kier molecular flexibility index (Phi) is 5.51. The number of halogens is 4. The minimum atomic E-state index is -4.50. The fourth-order valence-electron chi connectivity index (χ4n) is 2.39. The molecule has 3 nitrogen and oxygen atoms in total. The van der Waals surface area contributed by atoms with Crippen molar-refractivity contribution >= 4 is 23.2 Å². The second kappa shape index (κ2) is 7.23. The molecule has 0 unspecified atom stereocenters. The molecule has 0 radical (unpaired) electrons. The van der Waals surface area contributed by atoms with Gasteiger partial charge in [0.25, 0.3) is 5.91 Å². The molecule has 0 fully saturated rings. The Morgan fingerprint density at radius 3 is 2.29 bits per heavy atom. The minimum Gasteiger partial charge on any atom is -0.326 e. The number of rotatable bonds is 4. The average molecular weight is 358 g/mol. The number of amides is 1. The van der Waals surface area contributed by atoms with Gasteiger partial charge in [0, 0.05) is 5.56 Å². The fraction of sp³-hybridized carbons (Fsp3) is 0.235. The number of anilines is 1. The van der Waals surface area contributed by atoms with Crippen molar-refractivity contribution in [1.82, 2.24) is 0 Å². The van der Waals surface area contributed by atoms with Crippen molar-refractivity contribution in [2.24, 2.45) is 0 Å². The summed E-state index contributed by atoms with van der Waals surface area (Å²) >= 11 is 5.93. The lowest BCUT2D eigenvalue weighted by molar-refractivity contribution is -0.881. The Hall–Kier alpha value is -2.05. The zero-order valence-corrected chi connectivity index (χ0v) is 13.9. The molecule has 0 saturated heterocycles. The summed E-state index contributed by atoms with van der Waals surface area (Å²) < 4.78 is 38.5. The first-order valence-electron chi connectivity index (χ1n) is 7.22. The van der Waals surface area contributed by atoms with Gasteiger partial charge in [-0.25, -0.2) is 0 Å². The highest BCUT2D eigenvalue weighted by Gasteiger charge is 2.32. The van der Waals surface area contributed by atoms with Crippen molar-refractivity contribution in [3.05, 3.63) is 64.7 Å². The van der Waals surface area contributed by atoms with Crippen molar-refractivity contribution in [1.29, 1.82) is 0 Å². The molecule has 0 spiro atoms. The monoisotopic (exact) mass is 357 g/mol. The number of benzene rings is 2. The van der Waals surface area contributed by atoms with Gasteiger partial charge in [0.2, 0.25) is 0 Å². The lowest BCUT2D eigenvalue weighted by Crippen LogP contribution is -3.07. The summed E-state index contributed by atoms with van der Waals surface area (Å²) in [6.45, 7) is 0. The molecule has 2 rings (SSSR count). The van der Waals surface area contributed by atoms with Crippen LogP contribution in [0.5, 0.6) is 0 Å². The highest BCUT2D eigenvalue weighted by atomic mass is 35.5. The minimum absolute atomic E-state index is 0.0527. The normalized spacial score (nSPS) is 13.0. The number of quaternary nitrogens is 1. The Labute approximate surface area is 143 Å². The molecule has 7 heteroatoms. The lowest BCUT2D eigenvalue weighted by atomic mass is 10.1. The van der Waals surface area contributed by atoms with Crippen LogP contribution in [0.25, 0.3) is 0 Å². The molecule has 24 heavy (non-hydrogen) atoms. The van der Waals surface area contributed by atoms with E-state index in [-0.39, 0.29) is 10.7 Å². The molecule has 0 bridgehead atoms. The van der Waals surface area contributed by atoms with E-state index in [0.717, 1.165) is 28.7 Å². The number of nitrogens with one attached hydrogen (secondary N) is 2. The Bertz CT molecular complexity index is 718. The van der Waals surface area contributed by atoms with Gasteiger partial charge in [0.1, 0.15) is 0 Å². The van der Waals surface area contributed by atoms with Crippen LogP contribution in [0, 0.1) is 0 Å². The molecule has 2 aromatic carbocycles. The van der Waals surface area contributed by atoms with E-state index in [1.165, 1.54) is 0 Å². The van der Waals surface area contributed by atoms with Gasteiger partial charge >= 0.3 is 6.18 Å². The van der Waals surface area contributed by atoms with Crippen molar-refractivity contribution in [2.75, 3.05) is 19.4 Å². The molecule has 0 aliphatic carbocycles. The second-order valence-electron chi connectivity index (χ2n) is 5.60. The maximum atomic E-state index is 12.8. The van der Waals surface area contributed by atoms with Crippen LogP contribution in [0.3, 0.4) is 0 Å². The third kappa shape index (κ3) is 4.27. The highest BCUT2D eigenvalue weighted by Crippen LogP contribution is 2.34. The maximum Gasteiger partial charge on any atom is 0.416 e. The van der Waals surface area contributed by atoms with Crippen LogP contribution in [0.1, 0.15) is 17.2 Å². The second-order valence-corrected chi connectivity index (χ2v) is 6.01. The van der Waals surface area contributed by atoms with Crippen molar-refractivity contribution in [3.63, 3.8) is 0 Å². The van der Waals surface area contributed by atoms with Crippen LogP contribution in [-0.4, -0.2) is 20.0 Å². The third-order valence-electron chi connectivity index (χ3n) is 3.52.